The summed E-state index contributed by atoms with van der Waals surface area (Å²) in [7, 11) is 0. The molecular weight excluding hydrogens is 452 g/mol. The van der Waals surface area contributed by atoms with E-state index in [1.165, 1.54) is 0 Å². The third-order valence-corrected chi connectivity index (χ3v) is 5.38. The molecule has 0 aliphatic rings. The van der Waals surface area contributed by atoms with Crippen LogP contribution < -0.4 is 4.74 Å². The molecule has 0 aromatic heterocycles. The molecular formula is C26H19BrN2O2. The van der Waals surface area contributed by atoms with Crippen LogP contribution in [0.3, 0.4) is 0 Å². The van der Waals surface area contributed by atoms with Gasteiger partial charge in [0, 0.05) is 15.6 Å². The maximum Gasteiger partial charge on any atom is 0.143 e. The summed E-state index contributed by atoms with van der Waals surface area (Å²) in [6.07, 6.45) is 1.67. The van der Waals surface area contributed by atoms with Crippen LogP contribution in [0.2, 0.25) is 0 Å². The molecule has 0 unspecified atom stereocenters. The van der Waals surface area contributed by atoms with E-state index in [-0.39, 0.29) is 6.61 Å². The molecule has 0 spiro atoms. The quantitative estimate of drug-likeness (QED) is 0.225. The Balaban J connectivity index is 1.55. The Morgan fingerprint density at radius 1 is 0.871 bits per heavy atom. The van der Waals surface area contributed by atoms with Gasteiger partial charge in [-0.1, -0.05) is 81.7 Å². The smallest absolute Gasteiger partial charge is 0.143 e. The third-order valence-electron chi connectivity index (χ3n) is 4.85. The molecule has 31 heavy (non-hydrogen) atoms. The van der Waals surface area contributed by atoms with Gasteiger partial charge < -0.3 is 9.57 Å². The molecule has 0 fully saturated rings. The molecule has 4 nitrogen and oxygen atoms in total. The number of hydrogen-bond acceptors (Lipinski definition) is 4. The molecule has 0 aliphatic carbocycles. The zero-order valence-electron chi connectivity index (χ0n) is 16.7. The second-order valence-electron chi connectivity index (χ2n) is 6.89. The maximum absolute atomic E-state index is 9.21. The molecule has 0 saturated heterocycles. The second-order valence-corrected chi connectivity index (χ2v) is 7.81. The topological polar surface area (TPSA) is 54.6 Å². The molecule has 5 heteroatoms. The van der Waals surface area contributed by atoms with Gasteiger partial charge in [0.25, 0.3) is 0 Å². The zero-order chi connectivity index (χ0) is 21.5. The Labute approximate surface area is 189 Å². The van der Waals surface area contributed by atoms with Crippen molar-refractivity contribution in [3.8, 4) is 11.8 Å². The highest BCUT2D eigenvalue weighted by Crippen LogP contribution is 2.27. The zero-order valence-corrected chi connectivity index (χ0v) is 18.2. The highest BCUT2D eigenvalue weighted by Gasteiger charge is 2.08. The number of ether oxygens (including phenoxy) is 1. The molecule has 0 heterocycles. The van der Waals surface area contributed by atoms with Crippen LogP contribution >= 0.6 is 15.9 Å². The molecule has 0 radical (unpaired) electrons. The summed E-state index contributed by atoms with van der Waals surface area (Å²) in [6, 6.07) is 29.6. The molecule has 0 amide bonds. The lowest BCUT2D eigenvalue weighted by molar-refractivity contribution is 0.132. The first-order chi connectivity index (χ1) is 15.2. The number of nitriles is 1. The molecule has 0 aliphatic heterocycles. The summed E-state index contributed by atoms with van der Waals surface area (Å²) in [5, 5.41) is 15.5. The molecule has 4 aromatic carbocycles. The minimum atomic E-state index is 0.222. The van der Waals surface area contributed by atoms with Crippen LogP contribution in [0.4, 0.5) is 0 Å². The Morgan fingerprint density at radius 3 is 2.48 bits per heavy atom. The van der Waals surface area contributed by atoms with E-state index in [0.717, 1.165) is 37.7 Å². The molecule has 0 bridgehead atoms. The molecule has 4 rings (SSSR count). The van der Waals surface area contributed by atoms with Crippen molar-refractivity contribution in [1.82, 2.24) is 0 Å². The highest BCUT2D eigenvalue weighted by atomic mass is 79.9. The maximum atomic E-state index is 9.21. The highest BCUT2D eigenvalue weighted by molar-refractivity contribution is 9.10. The van der Waals surface area contributed by atoms with Gasteiger partial charge in [0.15, 0.2) is 0 Å². The fourth-order valence-corrected chi connectivity index (χ4v) is 3.49. The van der Waals surface area contributed by atoms with E-state index < -0.39 is 0 Å². The van der Waals surface area contributed by atoms with Gasteiger partial charge in [-0.15, -0.1) is 0 Å². The van der Waals surface area contributed by atoms with Gasteiger partial charge in [0.2, 0.25) is 0 Å². The van der Waals surface area contributed by atoms with E-state index in [9.17, 15) is 5.26 Å². The molecule has 0 saturated carbocycles. The van der Waals surface area contributed by atoms with E-state index in [0.29, 0.717) is 12.2 Å². The summed E-state index contributed by atoms with van der Waals surface area (Å²) < 4.78 is 7.15. The minimum Gasteiger partial charge on any atom is -0.488 e. The van der Waals surface area contributed by atoms with Gasteiger partial charge in [-0.25, -0.2) is 0 Å². The van der Waals surface area contributed by atoms with Crippen LogP contribution in [0, 0.1) is 11.3 Å². The van der Waals surface area contributed by atoms with Crippen molar-refractivity contribution < 1.29 is 9.57 Å². The molecule has 4 aromatic rings. The lowest BCUT2D eigenvalue weighted by Gasteiger charge is -2.12. The van der Waals surface area contributed by atoms with Gasteiger partial charge in [0.05, 0.1) is 17.8 Å². The number of oxime groups is 1. The SMILES string of the molecule is N#Cc1ccccc1CO/N=C\c1c(OCc2ccc(Br)cc2)ccc2ccccc12. The van der Waals surface area contributed by atoms with Gasteiger partial charge in [-0.3, -0.25) is 0 Å². The van der Waals surface area contributed by atoms with Crippen LogP contribution in [0.5, 0.6) is 5.75 Å². The van der Waals surface area contributed by atoms with Crippen molar-refractivity contribution >= 4 is 32.9 Å². The first kappa shape index (κ1) is 20.6. The van der Waals surface area contributed by atoms with Crippen molar-refractivity contribution in [3.05, 3.63) is 112 Å². The normalized spacial score (nSPS) is 10.8. The van der Waals surface area contributed by atoms with Crippen molar-refractivity contribution in [2.45, 2.75) is 13.2 Å². The molecule has 0 atom stereocenters. The molecule has 0 N–H and O–H groups in total. The monoisotopic (exact) mass is 470 g/mol. The van der Waals surface area contributed by atoms with Crippen LogP contribution in [-0.4, -0.2) is 6.21 Å². The number of halogens is 1. The Hall–Kier alpha value is -3.62. The van der Waals surface area contributed by atoms with Crippen LogP contribution in [-0.2, 0) is 18.1 Å². The standard InChI is InChI=1S/C26H19BrN2O2/c27-23-12-9-19(10-13-23)17-30-26-14-11-20-5-3-4-8-24(20)25(26)16-29-31-18-22-7-2-1-6-21(22)15-28/h1-14,16H,17-18H2/b29-16-. The van der Waals surface area contributed by atoms with E-state index in [2.05, 4.69) is 33.2 Å². The minimum absolute atomic E-state index is 0.222. The lowest BCUT2D eigenvalue weighted by atomic mass is 10.0. The Bertz CT molecular complexity index is 1260. The largest absolute Gasteiger partial charge is 0.488 e. The number of hydrogen-bond donors (Lipinski definition) is 0. The van der Waals surface area contributed by atoms with E-state index in [4.69, 9.17) is 9.57 Å². The van der Waals surface area contributed by atoms with E-state index in [1.54, 1.807) is 12.3 Å². The summed E-state index contributed by atoms with van der Waals surface area (Å²) in [4.78, 5) is 5.50. The number of nitrogens with zero attached hydrogens (tertiary/aromatic N) is 2. The van der Waals surface area contributed by atoms with Crippen LogP contribution in [0.1, 0.15) is 22.3 Å². The van der Waals surface area contributed by atoms with Crippen LogP contribution in [0.15, 0.2) is 94.6 Å². The predicted octanol–water partition coefficient (Wildman–Crippen LogP) is 6.60. The summed E-state index contributed by atoms with van der Waals surface area (Å²) in [5.41, 5.74) is 3.31. The van der Waals surface area contributed by atoms with Gasteiger partial charge in [0.1, 0.15) is 19.0 Å². The van der Waals surface area contributed by atoms with Crippen LogP contribution in [0.25, 0.3) is 10.8 Å². The summed E-state index contributed by atoms with van der Waals surface area (Å²) in [6.45, 7) is 0.670. The van der Waals surface area contributed by atoms with Crippen molar-refractivity contribution in [3.63, 3.8) is 0 Å². The average Bonchev–Trinajstić information content (AvgIpc) is 2.82. The Kier molecular flexibility index (Phi) is 6.61. The first-order valence-corrected chi connectivity index (χ1v) is 10.6. The van der Waals surface area contributed by atoms with Crippen molar-refractivity contribution in [1.29, 1.82) is 5.26 Å². The number of benzene rings is 4. The van der Waals surface area contributed by atoms with E-state index in [1.807, 2.05) is 72.8 Å². The first-order valence-electron chi connectivity index (χ1n) is 9.77. The second kappa shape index (κ2) is 9.92. The number of rotatable bonds is 7. The Morgan fingerprint density at radius 2 is 1.65 bits per heavy atom. The average molecular weight is 471 g/mol. The van der Waals surface area contributed by atoms with Gasteiger partial charge >= 0.3 is 0 Å². The molecule has 152 valence electrons. The van der Waals surface area contributed by atoms with Crippen molar-refractivity contribution in [2.24, 2.45) is 5.16 Å². The predicted molar refractivity (Wildman–Crippen MR) is 126 cm³/mol. The number of fused-ring (bicyclic) bond motifs is 1. The third kappa shape index (κ3) is 5.11. The van der Waals surface area contributed by atoms with Crippen molar-refractivity contribution in [2.75, 3.05) is 0 Å². The summed E-state index contributed by atoms with van der Waals surface area (Å²) >= 11 is 3.45. The van der Waals surface area contributed by atoms with E-state index >= 15 is 0 Å². The fraction of sp³-hybridized carbons (Fsp3) is 0.0769. The van der Waals surface area contributed by atoms with Gasteiger partial charge in [-0.2, -0.15) is 5.26 Å². The summed E-state index contributed by atoms with van der Waals surface area (Å²) in [5.74, 6) is 0.728. The van der Waals surface area contributed by atoms with Gasteiger partial charge in [-0.05, 0) is 40.6 Å². The lowest BCUT2D eigenvalue weighted by Crippen LogP contribution is -1.99. The fourth-order valence-electron chi connectivity index (χ4n) is 3.23.